The van der Waals surface area contributed by atoms with E-state index in [4.69, 9.17) is 16.3 Å². The van der Waals surface area contributed by atoms with E-state index in [2.05, 4.69) is 36.2 Å². The Kier molecular flexibility index (Phi) is 6.45. The van der Waals surface area contributed by atoms with E-state index in [1.807, 2.05) is 54.9 Å². The fourth-order valence-corrected chi connectivity index (χ4v) is 3.72. The molecule has 2 aromatic carbocycles. The second-order valence-electron chi connectivity index (χ2n) is 6.80. The van der Waals surface area contributed by atoms with Gasteiger partial charge in [-0.1, -0.05) is 61.5 Å². The minimum absolute atomic E-state index is 0.183. The van der Waals surface area contributed by atoms with Gasteiger partial charge < -0.3 is 9.30 Å². The van der Waals surface area contributed by atoms with Crippen LogP contribution in [0.4, 0.5) is 0 Å². The van der Waals surface area contributed by atoms with E-state index in [9.17, 15) is 0 Å². The van der Waals surface area contributed by atoms with Gasteiger partial charge in [0.2, 0.25) is 0 Å². The summed E-state index contributed by atoms with van der Waals surface area (Å²) in [6, 6.07) is 16.1. The third-order valence-corrected chi connectivity index (χ3v) is 5.72. The van der Waals surface area contributed by atoms with Crippen LogP contribution in [-0.4, -0.2) is 14.8 Å². The molecule has 0 bridgehead atoms. The second kappa shape index (κ2) is 8.81. The highest BCUT2D eigenvalue weighted by Crippen LogP contribution is 2.27. The Morgan fingerprint density at radius 3 is 2.30 bits per heavy atom. The molecule has 3 aromatic rings. The van der Waals surface area contributed by atoms with E-state index in [1.165, 1.54) is 11.1 Å². The van der Waals surface area contributed by atoms with Crippen molar-refractivity contribution in [2.45, 2.75) is 43.7 Å². The lowest BCUT2D eigenvalue weighted by atomic mass is 10.0. The maximum Gasteiger partial charge on any atom is 0.191 e. The first-order chi connectivity index (χ1) is 12.9. The van der Waals surface area contributed by atoms with Crippen LogP contribution in [0.2, 0.25) is 5.02 Å². The highest BCUT2D eigenvalue weighted by atomic mass is 35.5. The van der Waals surface area contributed by atoms with Crippen LogP contribution in [-0.2, 0) is 12.8 Å². The van der Waals surface area contributed by atoms with Crippen LogP contribution in [0.1, 0.15) is 49.7 Å². The van der Waals surface area contributed by atoms with Crippen molar-refractivity contribution < 1.29 is 4.74 Å². The van der Waals surface area contributed by atoms with Crippen LogP contribution in [0.25, 0.3) is 0 Å². The number of rotatable bonds is 7. The van der Waals surface area contributed by atoms with Crippen molar-refractivity contribution in [2.24, 2.45) is 7.05 Å². The van der Waals surface area contributed by atoms with Gasteiger partial charge in [-0.15, -0.1) is 10.2 Å². The van der Waals surface area contributed by atoms with Gasteiger partial charge in [0, 0.05) is 17.8 Å². The second-order valence-corrected chi connectivity index (χ2v) is 8.18. The summed E-state index contributed by atoms with van der Waals surface area (Å²) in [6.45, 7) is 6.36. The lowest BCUT2D eigenvalue weighted by Crippen LogP contribution is -2.10. The molecule has 0 N–H and O–H groups in total. The molecular weight excluding hydrogens is 378 g/mol. The third kappa shape index (κ3) is 5.05. The Labute approximate surface area is 169 Å². The number of aromatic nitrogens is 3. The number of thioether (sulfide) groups is 1. The van der Waals surface area contributed by atoms with Crippen LogP contribution >= 0.6 is 23.4 Å². The number of benzene rings is 2. The zero-order chi connectivity index (χ0) is 19.4. The molecule has 0 saturated heterocycles. The van der Waals surface area contributed by atoms with Gasteiger partial charge in [0.15, 0.2) is 17.1 Å². The van der Waals surface area contributed by atoms with Gasteiger partial charge in [0.1, 0.15) is 5.75 Å². The van der Waals surface area contributed by atoms with E-state index >= 15 is 0 Å². The predicted molar refractivity (Wildman–Crippen MR) is 112 cm³/mol. The van der Waals surface area contributed by atoms with Crippen LogP contribution in [0, 0.1) is 0 Å². The van der Waals surface area contributed by atoms with Gasteiger partial charge in [-0.3, -0.25) is 0 Å². The summed E-state index contributed by atoms with van der Waals surface area (Å²) >= 11 is 7.58. The van der Waals surface area contributed by atoms with Gasteiger partial charge in [0.25, 0.3) is 0 Å². The van der Waals surface area contributed by atoms with E-state index in [1.54, 1.807) is 11.8 Å². The largest absolute Gasteiger partial charge is 0.483 e. The maximum atomic E-state index is 6.06. The van der Waals surface area contributed by atoms with Gasteiger partial charge in [-0.25, -0.2) is 0 Å². The molecule has 1 atom stereocenters. The summed E-state index contributed by atoms with van der Waals surface area (Å²) in [5.74, 6) is 2.97. The standard InChI is InChI=1S/C21H24ClN3OS/c1-14(2)17-7-11-19(12-8-17)26-15(3)20-23-24-21(25(20)4)27-13-16-5-9-18(22)10-6-16/h5-12,14-15H,13H2,1-4H3. The highest BCUT2D eigenvalue weighted by molar-refractivity contribution is 7.98. The molecular formula is C21H24ClN3OS. The first-order valence-electron chi connectivity index (χ1n) is 8.97. The molecule has 27 heavy (non-hydrogen) atoms. The smallest absolute Gasteiger partial charge is 0.191 e. The molecule has 6 heteroatoms. The van der Waals surface area contributed by atoms with Crippen molar-refractivity contribution in [2.75, 3.05) is 0 Å². The lowest BCUT2D eigenvalue weighted by Gasteiger charge is -2.15. The van der Waals surface area contributed by atoms with Gasteiger partial charge >= 0.3 is 0 Å². The van der Waals surface area contributed by atoms with Crippen molar-refractivity contribution in [3.8, 4) is 5.75 Å². The Balaban J connectivity index is 1.63. The van der Waals surface area contributed by atoms with Crippen LogP contribution in [0.15, 0.2) is 53.7 Å². The molecule has 0 aliphatic rings. The van der Waals surface area contributed by atoms with E-state index in [0.29, 0.717) is 5.92 Å². The molecule has 0 fully saturated rings. The van der Waals surface area contributed by atoms with Crippen LogP contribution < -0.4 is 4.74 Å². The Morgan fingerprint density at radius 2 is 1.67 bits per heavy atom. The molecule has 1 aromatic heterocycles. The molecule has 0 aliphatic carbocycles. The van der Waals surface area contributed by atoms with Gasteiger partial charge in [-0.05, 0) is 48.2 Å². The Bertz CT molecular complexity index is 875. The Hall–Kier alpha value is -1.98. The van der Waals surface area contributed by atoms with Gasteiger partial charge in [-0.2, -0.15) is 0 Å². The summed E-state index contributed by atoms with van der Waals surface area (Å²) in [5.41, 5.74) is 2.50. The van der Waals surface area contributed by atoms with Crippen molar-refractivity contribution in [3.63, 3.8) is 0 Å². The molecule has 142 valence electrons. The summed E-state index contributed by atoms with van der Waals surface area (Å²) in [4.78, 5) is 0. The molecule has 4 nitrogen and oxygen atoms in total. The molecule has 0 spiro atoms. The number of ether oxygens (including phenoxy) is 1. The minimum Gasteiger partial charge on any atom is -0.483 e. The molecule has 0 aliphatic heterocycles. The molecule has 1 unspecified atom stereocenters. The van der Waals surface area contributed by atoms with Gasteiger partial charge in [0.05, 0.1) is 0 Å². The average Bonchev–Trinajstić information content (AvgIpc) is 3.02. The molecule has 0 radical (unpaired) electrons. The van der Waals surface area contributed by atoms with Crippen molar-refractivity contribution in [1.29, 1.82) is 0 Å². The third-order valence-electron chi connectivity index (χ3n) is 4.37. The number of halogens is 1. The summed E-state index contributed by atoms with van der Waals surface area (Å²) in [7, 11) is 1.97. The quantitative estimate of drug-likeness (QED) is 0.453. The summed E-state index contributed by atoms with van der Waals surface area (Å²) in [6.07, 6.45) is -0.183. The summed E-state index contributed by atoms with van der Waals surface area (Å²) in [5, 5.41) is 10.3. The maximum absolute atomic E-state index is 6.06. The first kappa shape index (κ1) is 19.8. The van der Waals surface area contributed by atoms with Crippen LogP contribution in [0.5, 0.6) is 5.75 Å². The van der Waals surface area contributed by atoms with Crippen molar-refractivity contribution >= 4 is 23.4 Å². The van der Waals surface area contributed by atoms with E-state index in [-0.39, 0.29) is 6.10 Å². The topological polar surface area (TPSA) is 39.9 Å². The van der Waals surface area contributed by atoms with E-state index in [0.717, 1.165) is 27.5 Å². The highest BCUT2D eigenvalue weighted by Gasteiger charge is 2.17. The molecule has 1 heterocycles. The molecule has 3 rings (SSSR count). The molecule has 0 amide bonds. The normalized spacial score (nSPS) is 12.4. The minimum atomic E-state index is -0.183. The van der Waals surface area contributed by atoms with Crippen molar-refractivity contribution in [1.82, 2.24) is 14.8 Å². The van der Waals surface area contributed by atoms with Crippen molar-refractivity contribution in [3.05, 3.63) is 70.5 Å². The first-order valence-corrected chi connectivity index (χ1v) is 10.3. The fourth-order valence-electron chi connectivity index (χ4n) is 2.72. The van der Waals surface area contributed by atoms with Crippen LogP contribution in [0.3, 0.4) is 0 Å². The zero-order valence-electron chi connectivity index (χ0n) is 16.0. The SMILES string of the molecule is CC(C)c1ccc(OC(C)c2nnc(SCc3ccc(Cl)cc3)n2C)cc1. The predicted octanol–water partition coefficient (Wildman–Crippen LogP) is 6.02. The fraction of sp³-hybridized carbons (Fsp3) is 0.333. The molecule has 0 saturated carbocycles. The number of nitrogens with zero attached hydrogens (tertiary/aromatic N) is 3. The monoisotopic (exact) mass is 401 g/mol. The number of hydrogen-bond donors (Lipinski definition) is 0. The Morgan fingerprint density at radius 1 is 1.00 bits per heavy atom. The average molecular weight is 402 g/mol. The zero-order valence-corrected chi connectivity index (χ0v) is 17.6. The summed E-state index contributed by atoms with van der Waals surface area (Å²) < 4.78 is 8.05. The lowest BCUT2D eigenvalue weighted by molar-refractivity contribution is 0.211. The number of hydrogen-bond acceptors (Lipinski definition) is 4. The van der Waals surface area contributed by atoms with E-state index < -0.39 is 0 Å².